The summed E-state index contributed by atoms with van der Waals surface area (Å²) in [5.41, 5.74) is 10.1. The van der Waals surface area contributed by atoms with E-state index < -0.39 is 18.3 Å². The average Bonchev–Trinajstić information content (AvgIpc) is 3.10. The van der Waals surface area contributed by atoms with Crippen molar-refractivity contribution in [1.29, 1.82) is 0 Å². The maximum absolute atomic E-state index is 12.2. The van der Waals surface area contributed by atoms with Crippen molar-refractivity contribution in [2.75, 3.05) is 18.9 Å². The van der Waals surface area contributed by atoms with E-state index >= 15 is 0 Å². The summed E-state index contributed by atoms with van der Waals surface area (Å²) in [6, 6.07) is 19.0. The summed E-state index contributed by atoms with van der Waals surface area (Å²) in [4.78, 5) is 12.2. The van der Waals surface area contributed by atoms with Gasteiger partial charge in [-0.05, 0) is 34.4 Å². The maximum Gasteiger partial charge on any atom is 0.407 e. The lowest BCUT2D eigenvalue weighted by molar-refractivity contribution is 0.0156. The van der Waals surface area contributed by atoms with Crippen LogP contribution in [0.2, 0.25) is 0 Å². The molecule has 4 rings (SSSR count). The van der Waals surface area contributed by atoms with Gasteiger partial charge in [0.05, 0.1) is 5.69 Å². The molecule has 8 nitrogen and oxygen atoms in total. The van der Waals surface area contributed by atoms with E-state index in [1.165, 1.54) is 12.1 Å². The molecule has 3 aromatic rings. The summed E-state index contributed by atoms with van der Waals surface area (Å²) >= 11 is 0. The van der Waals surface area contributed by atoms with E-state index in [1.807, 2.05) is 36.4 Å². The molecular weight excluding hydrogens is 384 g/mol. The highest BCUT2D eigenvalue weighted by Crippen LogP contribution is 2.44. The molecule has 2 aromatic carbocycles. The number of alkyl carbamates (subject to hydrolysis) is 1. The van der Waals surface area contributed by atoms with Gasteiger partial charge in [-0.1, -0.05) is 48.5 Å². The molecule has 0 saturated carbocycles. The summed E-state index contributed by atoms with van der Waals surface area (Å²) in [5, 5.41) is 30.1. The number of hydrogen-bond acceptors (Lipinski definition) is 7. The third kappa shape index (κ3) is 3.96. The first-order chi connectivity index (χ1) is 14.5. The van der Waals surface area contributed by atoms with Crippen LogP contribution in [0.4, 0.5) is 10.6 Å². The number of aromatic nitrogens is 2. The minimum absolute atomic E-state index is 0.0521. The van der Waals surface area contributed by atoms with Crippen molar-refractivity contribution in [3.63, 3.8) is 0 Å². The van der Waals surface area contributed by atoms with Gasteiger partial charge in [0.2, 0.25) is 0 Å². The summed E-state index contributed by atoms with van der Waals surface area (Å²) in [6.45, 7) is -0.0359. The van der Waals surface area contributed by atoms with Gasteiger partial charge in [0.1, 0.15) is 24.6 Å². The van der Waals surface area contributed by atoms with E-state index in [-0.39, 0.29) is 30.6 Å². The zero-order valence-corrected chi connectivity index (χ0v) is 16.1. The fraction of sp³-hybridized carbons (Fsp3) is 0.227. The molecule has 0 aliphatic heterocycles. The number of aliphatic hydroxyl groups is 2. The minimum atomic E-state index is -1.31. The first-order valence-corrected chi connectivity index (χ1v) is 9.58. The van der Waals surface area contributed by atoms with E-state index in [2.05, 4.69) is 27.6 Å². The Kier molecular flexibility index (Phi) is 5.60. The van der Waals surface area contributed by atoms with Gasteiger partial charge in [-0.15, -0.1) is 5.10 Å². The van der Waals surface area contributed by atoms with Crippen molar-refractivity contribution in [2.24, 2.45) is 0 Å². The molecule has 0 saturated heterocycles. The number of ether oxygens (including phenoxy) is 1. The smallest absolute Gasteiger partial charge is 0.407 e. The number of aliphatic hydroxyl groups excluding tert-OH is 2. The first-order valence-electron chi connectivity index (χ1n) is 9.58. The van der Waals surface area contributed by atoms with E-state index in [0.29, 0.717) is 0 Å². The molecule has 154 valence electrons. The van der Waals surface area contributed by atoms with Gasteiger partial charge in [0, 0.05) is 12.5 Å². The molecule has 1 aliphatic carbocycles. The molecule has 0 bridgehead atoms. The van der Waals surface area contributed by atoms with E-state index in [9.17, 15) is 15.0 Å². The number of rotatable bonds is 6. The lowest BCUT2D eigenvalue weighted by Crippen LogP contribution is -2.36. The van der Waals surface area contributed by atoms with Gasteiger partial charge in [-0.3, -0.25) is 0 Å². The monoisotopic (exact) mass is 406 g/mol. The first kappa shape index (κ1) is 19.8. The van der Waals surface area contributed by atoms with Gasteiger partial charge < -0.3 is 26.0 Å². The van der Waals surface area contributed by atoms with Crippen LogP contribution in [0.25, 0.3) is 11.1 Å². The fourth-order valence-corrected chi connectivity index (χ4v) is 3.66. The molecular formula is C22H22N4O4. The third-order valence-corrected chi connectivity index (χ3v) is 5.17. The molecule has 5 N–H and O–H groups in total. The molecule has 1 amide bonds. The Bertz CT molecular complexity index is 996. The predicted octanol–water partition coefficient (Wildman–Crippen LogP) is 1.99. The summed E-state index contributed by atoms with van der Waals surface area (Å²) < 4.78 is 5.40. The van der Waals surface area contributed by atoms with Crippen LogP contribution in [0.5, 0.6) is 0 Å². The molecule has 1 heterocycles. The number of carbonyl (C=O) groups is 1. The Morgan fingerprint density at radius 1 is 1.00 bits per heavy atom. The van der Waals surface area contributed by atoms with Crippen molar-refractivity contribution < 1.29 is 19.7 Å². The number of fused-ring (bicyclic) bond motifs is 3. The number of nitrogen functional groups attached to an aromatic ring is 1. The highest BCUT2D eigenvalue weighted by molar-refractivity contribution is 5.79. The Balaban J connectivity index is 1.33. The second-order valence-corrected chi connectivity index (χ2v) is 7.10. The number of hydrogen-bond donors (Lipinski definition) is 4. The Hall–Kier alpha value is -3.49. The number of amides is 1. The van der Waals surface area contributed by atoms with Crippen molar-refractivity contribution in [3.05, 3.63) is 77.5 Å². The van der Waals surface area contributed by atoms with E-state index in [1.54, 1.807) is 0 Å². The van der Waals surface area contributed by atoms with Crippen LogP contribution in [0, 0.1) is 0 Å². The highest BCUT2D eigenvalue weighted by Gasteiger charge is 2.29. The number of nitrogens with zero attached hydrogens (tertiary/aromatic N) is 2. The van der Waals surface area contributed by atoms with Crippen LogP contribution >= 0.6 is 0 Å². The van der Waals surface area contributed by atoms with Crippen LogP contribution in [0.1, 0.15) is 28.8 Å². The minimum Gasteiger partial charge on any atom is -0.449 e. The van der Waals surface area contributed by atoms with Crippen LogP contribution in [0.3, 0.4) is 0 Å². The maximum atomic E-state index is 12.2. The number of benzene rings is 2. The van der Waals surface area contributed by atoms with E-state index in [4.69, 9.17) is 10.5 Å². The topological polar surface area (TPSA) is 131 Å². The molecule has 1 aliphatic rings. The van der Waals surface area contributed by atoms with Crippen molar-refractivity contribution in [2.45, 2.75) is 18.1 Å². The van der Waals surface area contributed by atoms with Gasteiger partial charge in [0.25, 0.3) is 0 Å². The Morgan fingerprint density at radius 2 is 1.63 bits per heavy atom. The number of carbonyl (C=O) groups excluding carboxylic acids is 1. The normalized spacial score (nSPS) is 14.5. The lowest BCUT2D eigenvalue weighted by Gasteiger charge is -2.18. The lowest BCUT2D eigenvalue weighted by atomic mass is 9.98. The molecule has 0 fully saturated rings. The number of nitrogens with two attached hydrogens (primary N) is 1. The second-order valence-electron chi connectivity index (χ2n) is 7.10. The van der Waals surface area contributed by atoms with Crippen molar-refractivity contribution >= 4 is 11.9 Å². The molecule has 2 atom stereocenters. The number of nitrogens with one attached hydrogen (secondary N) is 1. The highest BCUT2D eigenvalue weighted by atomic mass is 16.5. The van der Waals surface area contributed by atoms with Gasteiger partial charge >= 0.3 is 6.09 Å². The fourth-order valence-electron chi connectivity index (χ4n) is 3.66. The number of anilines is 1. The third-order valence-electron chi connectivity index (χ3n) is 5.17. The second kappa shape index (κ2) is 8.48. The summed E-state index contributed by atoms with van der Waals surface area (Å²) in [5.74, 6) is 0.154. The van der Waals surface area contributed by atoms with Crippen molar-refractivity contribution in [1.82, 2.24) is 15.5 Å². The summed E-state index contributed by atoms with van der Waals surface area (Å²) in [7, 11) is 0. The summed E-state index contributed by atoms with van der Waals surface area (Å²) in [6.07, 6.45) is -3.26. The van der Waals surface area contributed by atoms with Gasteiger partial charge in [-0.2, -0.15) is 5.10 Å². The zero-order chi connectivity index (χ0) is 21.1. The standard InChI is InChI=1S/C22H22N4O4/c23-20-10-9-18(25-26-20)21(28)19(27)11-24-22(29)30-12-17-15-7-3-1-5-13(15)14-6-2-4-8-16(14)17/h1-10,17,19,21,27-28H,11-12H2,(H2,23,26)(H,24,29). The van der Waals surface area contributed by atoms with Crippen molar-refractivity contribution in [3.8, 4) is 11.1 Å². The molecule has 1 aromatic heterocycles. The van der Waals surface area contributed by atoms with Crippen LogP contribution in [0.15, 0.2) is 60.7 Å². The molecule has 0 spiro atoms. The molecule has 8 heteroatoms. The molecule has 2 unspecified atom stereocenters. The van der Waals surface area contributed by atoms with Crippen LogP contribution < -0.4 is 11.1 Å². The quantitative estimate of drug-likeness (QED) is 0.492. The van der Waals surface area contributed by atoms with Crippen LogP contribution in [-0.2, 0) is 4.74 Å². The zero-order valence-electron chi connectivity index (χ0n) is 16.1. The largest absolute Gasteiger partial charge is 0.449 e. The van der Waals surface area contributed by atoms with E-state index in [0.717, 1.165) is 22.3 Å². The Labute approximate surface area is 173 Å². The van der Waals surface area contributed by atoms with Gasteiger partial charge in [-0.25, -0.2) is 4.79 Å². The molecule has 30 heavy (non-hydrogen) atoms. The average molecular weight is 406 g/mol. The predicted molar refractivity (Wildman–Crippen MR) is 110 cm³/mol. The van der Waals surface area contributed by atoms with Crippen LogP contribution in [-0.4, -0.2) is 45.8 Å². The molecule has 0 radical (unpaired) electrons. The van der Waals surface area contributed by atoms with Gasteiger partial charge in [0.15, 0.2) is 0 Å². The SMILES string of the molecule is Nc1ccc(C(O)C(O)CNC(=O)OCC2c3ccccc3-c3ccccc32)nn1. The Morgan fingerprint density at radius 3 is 2.23 bits per heavy atom.